The van der Waals surface area contributed by atoms with Gasteiger partial charge in [-0.3, -0.25) is 20.4 Å². The van der Waals surface area contributed by atoms with Crippen LogP contribution in [-0.4, -0.2) is 57.3 Å². The van der Waals surface area contributed by atoms with E-state index in [0.29, 0.717) is 19.3 Å². The van der Waals surface area contributed by atoms with Crippen LogP contribution in [0.1, 0.15) is 60.8 Å². The Morgan fingerprint density at radius 1 is 1.33 bits per heavy atom. The third kappa shape index (κ3) is 7.45. The second-order valence-electron chi connectivity index (χ2n) is 9.84. The Kier molecular flexibility index (Phi) is 8.80. The monoisotopic (exact) mass is 378 g/mol. The van der Waals surface area contributed by atoms with Crippen LogP contribution in [0.4, 0.5) is 0 Å². The third-order valence-electron chi connectivity index (χ3n) is 6.11. The van der Waals surface area contributed by atoms with Gasteiger partial charge in [0.25, 0.3) is 0 Å². The van der Waals surface area contributed by atoms with Gasteiger partial charge >= 0.3 is 0 Å². The highest BCUT2D eigenvalue weighted by molar-refractivity contribution is 6.09. The average molecular weight is 378 g/mol. The minimum Gasteiger partial charge on any atom is -0.350 e. The molecule has 1 saturated heterocycles. The minimum absolute atomic E-state index is 0.00974. The summed E-state index contributed by atoms with van der Waals surface area (Å²) in [6.07, 6.45) is 4.30. The predicted molar refractivity (Wildman–Crippen MR) is 111 cm³/mol. The molecular formula is C20H39BN4O2. The highest BCUT2D eigenvalue weighted by Gasteiger charge is 2.37. The molecule has 154 valence electrons. The number of likely N-dealkylation sites (tertiary alicyclic amines) is 1. The molecule has 0 bridgehead atoms. The molecule has 7 heteroatoms. The Bertz CT molecular complexity index is 498. The quantitative estimate of drug-likeness (QED) is 0.275. The van der Waals surface area contributed by atoms with Crippen molar-refractivity contribution in [2.24, 2.45) is 16.2 Å². The van der Waals surface area contributed by atoms with Gasteiger partial charge in [-0.1, -0.05) is 54.3 Å². The molecule has 0 spiro atoms. The number of nitrogens with one attached hydrogen (secondary N) is 3. The molecule has 1 rings (SSSR count). The van der Waals surface area contributed by atoms with E-state index < -0.39 is 0 Å². The zero-order valence-corrected chi connectivity index (χ0v) is 18.2. The van der Waals surface area contributed by atoms with E-state index in [4.69, 9.17) is 7.85 Å². The lowest BCUT2D eigenvalue weighted by atomic mass is 9.67. The third-order valence-corrected chi connectivity index (χ3v) is 6.11. The van der Waals surface area contributed by atoms with Crippen molar-refractivity contribution in [3.63, 3.8) is 0 Å². The van der Waals surface area contributed by atoms with Gasteiger partial charge in [-0.25, -0.2) is 0 Å². The molecule has 2 unspecified atom stereocenters. The second-order valence-corrected chi connectivity index (χ2v) is 9.84. The van der Waals surface area contributed by atoms with Gasteiger partial charge in [0.1, 0.15) is 0 Å². The average Bonchev–Trinajstić information content (AvgIpc) is 2.98. The molecule has 1 aliphatic heterocycles. The van der Waals surface area contributed by atoms with Crippen LogP contribution in [0, 0.1) is 16.2 Å². The molecule has 1 aliphatic rings. The highest BCUT2D eigenvalue weighted by Crippen LogP contribution is 2.39. The maximum atomic E-state index is 12.1. The first kappa shape index (κ1) is 24.0. The summed E-state index contributed by atoms with van der Waals surface area (Å²) in [7, 11) is 6.06. The lowest BCUT2D eigenvalue weighted by molar-refractivity contribution is -0.130. The molecule has 2 radical (unpaired) electrons. The Labute approximate surface area is 167 Å². The molecule has 0 aliphatic carbocycles. The second kappa shape index (κ2) is 9.92. The van der Waals surface area contributed by atoms with E-state index >= 15 is 0 Å². The Balaban J connectivity index is 2.52. The zero-order valence-electron chi connectivity index (χ0n) is 18.2. The molecule has 1 heterocycles. The fourth-order valence-corrected chi connectivity index (χ4v) is 4.06. The number of nitrogens with zero attached hydrogens (tertiary/aromatic N) is 1. The van der Waals surface area contributed by atoms with Crippen molar-refractivity contribution in [1.82, 2.24) is 21.1 Å². The number of carbonyl (C=O) groups excluding carboxylic acids is 2. The SMILES string of the molecule is [B]CC(NNCC1(C)CCN(C(=O)CNC=O)C1)C(C)(C)CC(C)(C)CC. The lowest BCUT2D eigenvalue weighted by Crippen LogP contribution is -2.52. The Morgan fingerprint density at radius 2 is 2.00 bits per heavy atom. The number of hydrogen-bond donors (Lipinski definition) is 3. The smallest absolute Gasteiger partial charge is 0.241 e. The van der Waals surface area contributed by atoms with E-state index in [9.17, 15) is 9.59 Å². The molecule has 6 nitrogen and oxygen atoms in total. The van der Waals surface area contributed by atoms with E-state index in [1.54, 1.807) is 0 Å². The maximum Gasteiger partial charge on any atom is 0.241 e. The van der Waals surface area contributed by atoms with Crippen LogP contribution in [0.25, 0.3) is 0 Å². The van der Waals surface area contributed by atoms with Gasteiger partial charge < -0.3 is 10.2 Å². The van der Waals surface area contributed by atoms with Crippen LogP contribution < -0.4 is 16.2 Å². The standard InChI is InChI=1S/C20H39BN4O2/c1-7-18(2,3)12-19(4,5)16(10-21)24-23-13-20(6)8-9-25(14-20)17(27)11-22-15-26/h15-16,23-24H,7-14H2,1-6H3,(H,22,26). The van der Waals surface area contributed by atoms with Crippen molar-refractivity contribution < 1.29 is 9.59 Å². The van der Waals surface area contributed by atoms with Gasteiger partial charge in [0.05, 0.1) is 14.4 Å². The van der Waals surface area contributed by atoms with Gasteiger partial charge in [-0.15, -0.1) is 0 Å². The molecule has 0 aromatic carbocycles. The topological polar surface area (TPSA) is 73.5 Å². The van der Waals surface area contributed by atoms with Crippen LogP contribution in [0.2, 0.25) is 6.32 Å². The maximum absolute atomic E-state index is 12.1. The molecule has 2 atom stereocenters. The van der Waals surface area contributed by atoms with Crippen LogP contribution in [0.15, 0.2) is 0 Å². The molecule has 1 fully saturated rings. The first-order valence-electron chi connectivity index (χ1n) is 10.1. The Hall–Kier alpha value is -1.08. The van der Waals surface area contributed by atoms with Gasteiger partial charge in [-0.2, -0.15) is 0 Å². The molecule has 0 saturated carbocycles. The number of amides is 2. The largest absolute Gasteiger partial charge is 0.350 e. The fourth-order valence-electron chi connectivity index (χ4n) is 4.06. The fraction of sp³-hybridized carbons (Fsp3) is 0.900. The summed E-state index contributed by atoms with van der Waals surface area (Å²) in [4.78, 5) is 24.3. The summed E-state index contributed by atoms with van der Waals surface area (Å²) >= 11 is 0. The van der Waals surface area contributed by atoms with Gasteiger partial charge in [0.15, 0.2) is 0 Å². The number of carbonyl (C=O) groups is 2. The predicted octanol–water partition coefficient (Wildman–Crippen LogP) is 1.87. The van der Waals surface area contributed by atoms with E-state index in [1.807, 2.05) is 4.90 Å². The summed E-state index contributed by atoms with van der Waals surface area (Å²) in [5.41, 5.74) is 7.21. The molecule has 0 aromatic rings. The summed E-state index contributed by atoms with van der Waals surface area (Å²) in [5, 5.41) is 2.44. The van der Waals surface area contributed by atoms with E-state index in [1.165, 1.54) is 0 Å². The number of hydrazine groups is 1. The van der Waals surface area contributed by atoms with Crippen molar-refractivity contribution in [1.29, 1.82) is 0 Å². The van der Waals surface area contributed by atoms with Crippen molar-refractivity contribution in [3.8, 4) is 0 Å². The van der Waals surface area contributed by atoms with Gasteiger partial charge in [0.2, 0.25) is 12.3 Å². The van der Waals surface area contributed by atoms with Gasteiger partial charge in [0, 0.05) is 31.1 Å². The first-order chi connectivity index (χ1) is 12.5. The summed E-state index contributed by atoms with van der Waals surface area (Å²) in [6, 6.07) is 0.169. The van der Waals surface area contributed by atoms with Crippen molar-refractivity contribution >= 4 is 20.2 Å². The Morgan fingerprint density at radius 3 is 2.56 bits per heavy atom. The van der Waals surface area contributed by atoms with Crippen molar-refractivity contribution in [3.05, 3.63) is 0 Å². The highest BCUT2D eigenvalue weighted by atomic mass is 16.2. The normalized spacial score (nSPS) is 21.9. The lowest BCUT2D eigenvalue weighted by Gasteiger charge is -2.41. The van der Waals surface area contributed by atoms with Crippen molar-refractivity contribution in [2.75, 3.05) is 26.2 Å². The molecule has 27 heavy (non-hydrogen) atoms. The molecular weight excluding hydrogens is 339 g/mol. The van der Waals surface area contributed by atoms with Crippen LogP contribution >= 0.6 is 0 Å². The van der Waals surface area contributed by atoms with E-state index in [-0.39, 0.29) is 34.7 Å². The summed E-state index contributed by atoms with van der Waals surface area (Å²) in [5.74, 6) is -0.0263. The van der Waals surface area contributed by atoms with Crippen molar-refractivity contribution in [2.45, 2.75) is 73.2 Å². The summed E-state index contributed by atoms with van der Waals surface area (Å²) in [6.45, 7) is 15.8. The molecule has 2 amide bonds. The molecule has 3 N–H and O–H groups in total. The van der Waals surface area contributed by atoms with Gasteiger partial charge in [-0.05, 0) is 23.7 Å². The van der Waals surface area contributed by atoms with Crippen LogP contribution in [-0.2, 0) is 9.59 Å². The number of hydrogen-bond acceptors (Lipinski definition) is 4. The minimum atomic E-state index is -0.0263. The van der Waals surface area contributed by atoms with E-state index in [0.717, 1.165) is 32.4 Å². The van der Waals surface area contributed by atoms with Crippen LogP contribution in [0.3, 0.4) is 0 Å². The number of rotatable bonds is 12. The molecule has 0 aromatic heterocycles. The summed E-state index contributed by atoms with van der Waals surface area (Å²) < 4.78 is 0. The van der Waals surface area contributed by atoms with E-state index in [2.05, 4.69) is 57.7 Å². The first-order valence-corrected chi connectivity index (χ1v) is 10.1. The van der Waals surface area contributed by atoms with Crippen LogP contribution in [0.5, 0.6) is 0 Å². The zero-order chi connectivity index (χ0) is 20.7.